The molecule has 2 heterocycles. The van der Waals surface area contributed by atoms with Gasteiger partial charge in [-0.15, -0.1) is 22.7 Å². The van der Waals surface area contributed by atoms with Gasteiger partial charge in [-0.25, -0.2) is 13.2 Å². The number of halogens is 1. The molecule has 0 fully saturated rings. The third-order valence-electron chi connectivity index (χ3n) is 2.20. The van der Waals surface area contributed by atoms with E-state index in [0.29, 0.717) is 9.90 Å². The second-order valence-electron chi connectivity index (χ2n) is 3.60. The molecule has 5 nitrogen and oxygen atoms in total. The van der Waals surface area contributed by atoms with Crippen molar-refractivity contribution < 1.29 is 18.3 Å². The van der Waals surface area contributed by atoms with E-state index in [0.717, 1.165) is 22.7 Å². The van der Waals surface area contributed by atoms with E-state index in [1.54, 1.807) is 6.92 Å². The Morgan fingerprint density at radius 3 is 2.68 bits per heavy atom. The summed E-state index contributed by atoms with van der Waals surface area (Å²) in [5.41, 5.74) is 0.718. The number of thiophene rings is 2. The monoisotopic (exact) mass is 337 g/mol. The first kappa shape index (κ1) is 14.3. The second kappa shape index (κ2) is 5.12. The minimum Gasteiger partial charge on any atom is -0.477 e. The first-order valence-electron chi connectivity index (χ1n) is 4.91. The summed E-state index contributed by atoms with van der Waals surface area (Å²) in [5.74, 6) is -1.17. The summed E-state index contributed by atoms with van der Waals surface area (Å²) < 4.78 is 26.9. The quantitative estimate of drug-likeness (QED) is 0.896. The lowest BCUT2D eigenvalue weighted by molar-refractivity contribution is 0.0703. The standard InChI is InChI=1S/C10H8ClNO4S3/c1-5-4-7(18-9(5)11)19(15,16)12-6-2-3-17-8(6)10(13)14/h2-4,12H,1H3,(H,13,14). The minimum absolute atomic E-state index is 0.0528. The molecule has 0 amide bonds. The van der Waals surface area contributed by atoms with Gasteiger partial charge in [0.2, 0.25) is 0 Å². The number of hydrogen-bond acceptors (Lipinski definition) is 5. The second-order valence-corrected chi connectivity index (χ2v) is 8.08. The van der Waals surface area contributed by atoms with Crippen LogP contribution in [0.2, 0.25) is 4.34 Å². The fourth-order valence-electron chi connectivity index (χ4n) is 1.31. The number of hydrogen-bond donors (Lipinski definition) is 2. The highest BCUT2D eigenvalue weighted by Gasteiger charge is 2.22. The van der Waals surface area contributed by atoms with Crippen LogP contribution in [0, 0.1) is 6.92 Å². The number of nitrogens with one attached hydrogen (secondary N) is 1. The van der Waals surface area contributed by atoms with E-state index in [-0.39, 0.29) is 14.8 Å². The third kappa shape index (κ3) is 2.92. The van der Waals surface area contributed by atoms with Crippen LogP contribution in [0.1, 0.15) is 15.2 Å². The largest absolute Gasteiger partial charge is 0.477 e. The Hall–Kier alpha value is -1.09. The van der Waals surface area contributed by atoms with E-state index in [1.807, 2.05) is 0 Å². The Bertz CT molecular complexity index is 712. The number of aryl methyl sites for hydroxylation is 1. The van der Waals surface area contributed by atoms with Gasteiger partial charge in [0.15, 0.2) is 0 Å². The van der Waals surface area contributed by atoms with E-state index in [4.69, 9.17) is 16.7 Å². The summed E-state index contributed by atoms with van der Waals surface area (Å²) in [6.45, 7) is 1.70. The molecule has 102 valence electrons. The molecule has 0 saturated carbocycles. The number of carbonyl (C=O) groups is 1. The lowest BCUT2D eigenvalue weighted by Gasteiger charge is -2.04. The first-order valence-corrected chi connectivity index (χ1v) is 8.46. The van der Waals surface area contributed by atoms with Crippen LogP contribution in [0.25, 0.3) is 0 Å². The average molecular weight is 338 g/mol. The Balaban J connectivity index is 2.36. The van der Waals surface area contributed by atoms with Crippen molar-refractivity contribution in [1.82, 2.24) is 0 Å². The van der Waals surface area contributed by atoms with Crippen LogP contribution < -0.4 is 4.72 Å². The Labute approximate surface area is 122 Å². The van der Waals surface area contributed by atoms with Crippen LogP contribution in [0.15, 0.2) is 21.7 Å². The van der Waals surface area contributed by atoms with Crippen molar-refractivity contribution in [2.24, 2.45) is 0 Å². The van der Waals surface area contributed by atoms with E-state index < -0.39 is 16.0 Å². The summed E-state index contributed by atoms with van der Waals surface area (Å²) in [5, 5.41) is 10.4. The summed E-state index contributed by atoms with van der Waals surface area (Å²) >= 11 is 7.71. The van der Waals surface area contributed by atoms with Gasteiger partial charge in [-0.3, -0.25) is 4.72 Å². The molecule has 0 atom stereocenters. The van der Waals surface area contributed by atoms with Crippen molar-refractivity contribution >= 4 is 56.0 Å². The summed E-state index contributed by atoms with van der Waals surface area (Å²) in [6, 6.07) is 2.86. The predicted molar refractivity (Wildman–Crippen MR) is 76.2 cm³/mol. The predicted octanol–water partition coefficient (Wildman–Crippen LogP) is 3.27. The van der Waals surface area contributed by atoms with Gasteiger partial charge in [0, 0.05) is 0 Å². The van der Waals surface area contributed by atoms with Crippen LogP contribution in [0.4, 0.5) is 5.69 Å². The number of sulfonamides is 1. The molecule has 9 heteroatoms. The highest BCUT2D eigenvalue weighted by molar-refractivity contribution is 7.94. The van der Waals surface area contributed by atoms with Gasteiger partial charge in [-0.1, -0.05) is 11.6 Å². The molecule has 19 heavy (non-hydrogen) atoms. The Morgan fingerprint density at radius 2 is 2.16 bits per heavy atom. The number of carboxylic acid groups (broad SMARTS) is 1. The van der Waals surface area contributed by atoms with Crippen LogP contribution in [-0.2, 0) is 10.0 Å². The fourth-order valence-corrected chi connectivity index (χ4v) is 4.85. The molecule has 2 N–H and O–H groups in total. The third-order valence-corrected chi connectivity index (χ3v) is 6.50. The SMILES string of the molecule is Cc1cc(S(=O)(=O)Nc2ccsc2C(=O)O)sc1Cl. The van der Waals surface area contributed by atoms with E-state index in [2.05, 4.69) is 4.72 Å². The number of rotatable bonds is 4. The molecule has 2 rings (SSSR count). The normalized spacial score (nSPS) is 11.5. The van der Waals surface area contributed by atoms with Gasteiger partial charge in [-0.05, 0) is 30.0 Å². The maximum absolute atomic E-state index is 12.1. The van der Waals surface area contributed by atoms with E-state index in [9.17, 15) is 13.2 Å². The molecule has 0 aliphatic heterocycles. The maximum atomic E-state index is 12.1. The lowest BCUT2D eigenvalue weighted by Crippen LogP contribution is -2.13. The van der Waals surface area contributed by atoms with Crippen LogP contribution in [-0.4, -0.2) is 19.5 Å². The van der Waals surface area contributed by atoms with E-state index >= 15 is 0 Å². The fraction of sp³-hybridized carbons (Fsp3) is 0.100. The van der Waals surface area contributed by atoms with Gasteiger partial charge in [0.1, 0.15) is 9.09 Å². The summed E-state index contributed by atoms with van der Waals surface area (Å²) in [4.78, 5) is 10.9. The highest BCUT2D eigenvalue weighted by atomic mass is 35.5. The van der Waals surface area contributed by atoms with Crippen molar-refractivity contribution in [2.75, 3.05) is 4.72 Å². The molecule has 2 aromatic heterocycles. The van der Waals surface area contributed by atoms with Gasteiger partial charge in [-0.2, -0.15) is 0 Å². The molecule has 0 bridgehead atoms. The topological polar surface area (TPSA) is 83.5 Å². The van der Waals surface area contributed by atoms with Crippen molar-refractivity contribution in [3.8, 4) is 0 Å². The van der Waals surface area contributed by atoms with Crippen molar-refractivity contribution in [3.63, 3.8) is 0 Å². The average Bonchev–Trinajstić information content (AvgIpc) is 2.87. The Morgan fingerprint density at radius 1 is 1.47 bits per heavy atom. The van der Waals surface area contributed by atoms with Gasteiger partial charge < -0.3 is 5.11 Å². The molecular formula is C10H8ClNO4S3. The molecule has 0 aromatic carbocycles. The highest BCUT2D eigenvalue weighted by Crippen LogP contribution is 2.32. The van der Waals surface area contributed by atoms with Crippen molar-refractivity contribution in [2.45, 2.75) is 11.1 Å². The van der Waals surface area contributed by atoms with Crippen LogP contribution in [0.5, 0.6) is 0 Å². The zero-order valence-electron chi connectivity index (χ0n) is 9.51. The number of anilines is 1. The van der Waals surface area contributed by atoms with Crippen LogP contribution >= 0.6 is 34.3 Å². The summed E-state index contributed by atoms with van der Waals surface area (Å²) in [7, 11) is -3.81. The summed E-state index contributed by atoms with van der Waals surface area (Å²) in [6.07, 6.45) is 0. The number of carboxylic acids is 1. The van der Waals surface area contributed by atoms with Crippen LogP contribution in [0.3, 0.4) is 0 Å². The molecule has 0 aliphatic carbocycles. The van der Waals surface area contributed by atoms with Crippen molar-refractivity contribution in [3.05, 3.63) is 32.3 Å². The van der Waals surface area contributed by atoms with Gasteiger partial charge in [0.25, 0.3) is 10.0 Å². The Kier molecular flexibility index (Phi) is 3.86. The van der Waals surface area contributed by atoms with E-state index in [1.165, 1.54) is 17.5 Å². The molecule has 0 unspecified atom stereocenters. The molecule has 2 aromatic rings. The lowest BCUT2D eigenvalue weighted by atomic mass is 10.4. The zero-order valence-corrected chi connectivity index (χ0v) is 12.7. The maximum Gasteiger partial charge on any atom is 0.348 e. The van der Waals surface area contributed by atoms with Gasteiger partial charge >= 0.3 is 5.97 Å². The zero-order chi connectivity index (χ0) is 14.2. The minimum atomic E-state index is -3.81. The molecule has 0 radical (unpaired) electrons. The smallest absolute Gasteiger partial charge is 0.348 e. The van der Waals surface area contributed by atoms with Gasteiger partial charge in [0.05, 0.1) is 10.0 Å². The molecule has 0 spiro atoms. The molecule has 0 saturated heterocycles. The number of aromatic carboxylic acids is 1. The molecular weight excluding hydrogens is 330 g/mol. The first-order chi connectivity index (χ1) is 8.81. The molecule has 0 aliphatic rings. The van der Waals surface area contributed by atoms with Crippen molar-refractivity contribution in [1.29, 1.82) is 0 Å².